The number of hydrogen-bond donors (Lipinski definition) is 2. The van der Waals surface area contributed by atoms with Gasteiger partial charge >= 0.3 is 0 Å². The zero-order valence-corrected chi connectivity index (χ0v) is 13.1. The van der Waals surface area contributed by atoms with Crippen molar-refractivity contribution < 1.29 is 4.79 Å². The lowest BCUT2D eigenvalue weighted by atomic mass is 9.95. The number of amides is 1. The van der Waals surface area contributed by atoms with Gasteiger partial charge in [0, 0.05) is 49.3 Å². The lowest BCUT2D eigenvalue weighted by molar-refractivity contribution is -0.125. The number of carbonyl (C=O) groups excluding carboxylic acids is 1. The third-order valence-electron chi connectivity index (χ3n) is 4.31. The zero-order chi connectivity index (χ0) is 16.1. The molecule has 1 aliphatic heterocycles. The van der Waals surface area contributed by atoms with Gasteiger partial charge in [0.05, 0.1) is 0 Å². The molecule has 1 fully saturated rings. The zero-order valence-electron chi connectivity index (χ0n) is 13.1. The second kappa shape index (κ2) is 7.13. The average Bonchev–Trinajstić information content (AvgIpc) is 2.61. The lowest BCUT2D eigenvalue weighted by Gasteiger charge is -2.33. The smallest absolute Gasteiger partial charge is 0.223 e. The Hall–Kier alpha value is -2.56. The Bertz CT molecular complexity index is 634. The van der Waals surface area contributed by atoms with Crippen molar-refractivity contribution in [2.45, 2.75) is 19.4 Å². The molecule has 1 amide bonds. The first-order valence-corrected chi connectivity index (χ1v) is 7.99. The van der Waals surface area contributed by atoms with Crippen molar-refractivity contribution in [1.82, 2.24) is 10.3 Å². The van der Waals surface area contributed by atoms with Crippen molar-refractivity contribution in [3.05, 3.63) is 54.4 Å². The van der Waals surface area contributed by atoms with Gasteiger partial charge in [0.2, 0.25) is 5.91 Å². The van der Waals surface area contributed by atoms with Gasteiger partial charge in [-0.2, -0.15) is 0 Å². The number of aromatic nitrogens is 1. The van der Waals surface area contributed by atoms with Crippen LogP contribution in [0.15, 0.2) is 48.8 Å². The summed E-state index contributed by atoms with van der Waals surface area (Å²) in [6, 6.07) is 11.8. The first-order chi connectivity index (χ1) is 11.2. The van der Waals surface area contributed by atoms with Gasteiger partial charge in [-0.15, -0.1) is 0 Å². The third-order valence-corrected chi connectivity index (χ3v) is 4.31. The lowest BCUT2D eigenvalue weighted by Crippen LogP contribution is -2.40. The van der Waals surface area contributed by atoms with Crippen molar-refractivity contribution in [3.63, 3.8) is 0 Å². The SMILES string of the molecule is Nc1ccc(N2CCC(C(=O)NCc3cccnc3)CC2)cc1. The fourth-order valence-corrected chi connectivity index (χ4v) is 2.92. The monoisotopic (exact) mass is 310 g/mol. The average molecular weight is 310 g/mol. The van der Waals surface area contributed by atoms with Crippen molar-refractivity contribution in [2.24, 2.45) is 5.92 Å². The van der Waals surface area contributed by atoms with Crippen molar-refractivity contribution in [1.29, 1.82) is 0 Å². The molecule has 2 aromatic rings. The topological polar surface area (TPSA) is 71.2 Å². The summed E-state index contributed by atoms with van der Waals surface area (Å²) in [5.74, 6) is 0.238. The number of nitrogens with one attached hydrogen (secondary N) is 1. The van der Waals surface area contributed by atoms with Crippen LogP contribution in [0.1, 0.15) is 18.4 Å². The van der Waals surface area contributed by atoms with Crippen LogP contribution in [-0.4, -0.2) is 24.0 Å². The van der Waals surface area contributed by atoms with E-state index in [1.165, 1.54) is 5.69 Å². The summed E-state index contributed by atoms with van der Waals surface area (Å²) in [6.07, 6.45) is 5.27. The molecule has 120 valence electrons. The highest BCUT2D eigenvalue weighted by atomic mass is 16.1. The maximum absolute atomic E-state index is 12.3. The molecule has 3 N–H and O–H groups in total. The Kier molecular flexibility index (Phi) is 4.76. The molecule has 0 unspecified atom stereocenters. The number of pyridine rings is 1. The van der Waals surface area contributed by atoms with Crippen LogP contribution in [0.2, 0.25) is 0 Å². The summed E-state index contributed by atoms with van der Waals surface area (Å²) >= 11 is 0. The number of hydrogen-bond acceptors (Lipinski definition) is 4. The Morgan fingerprint density at radius 2 is 1.96 bits per heavy atom. The first-order valence-electron chi connectivity index (χ1n) is 7.99. The fourth-order valence-electron chi connectivity index (χ4n) is 2.92. The van der Waals surface area contributed by atoms with E-state index in [1.54, 1.807) is 12.4 Å². The predicted molar refractivity (Wildman–Crippen MR) is 91.9 cm³/mol. The molecule has 1 aromatic heterocycles. The van der Waals surface area contributed by atoms with Crippen LogP contribution in [0.3, 0.4) is 0 Å². The molecule has 23 heavy (non-hydrogen) atoms. The molecule has 0 aliphatic carbocycles. The van der Waals surface area contributed by atoms with Crippen LogP contribution < -0.4 is 16.0 Å². The molecule has 1 aliphatic rings. The Labute approximate surface area is 136 Å². The Balaban J connectivity index is 1.48. The molecule has 2 heterocycles. The third kappa shape index (κ3) is 4.00. The molecule has 0 atom stereocenters. The molecule has 0 spiro atoms. The van der Waals surface area contributed by atoms with Crippen molar-refractivity contribution in [3.8, 4) is 0 Å². The van der Waals surface area contributed by atoms with Crippen molar-refractivity contribution >= 4 is 17.3 Å². The van der Waals surface area contributed by atoms with Crippen LogP contribution in [-0.2, 0) is 11.3 Å². The van der Waals surface area contributed by atoms with Crippen molar-refractivity contribution in [2.75, 3.05) is 23.7 Å². The quantitative estimate of drug-likeness (QED) is 0.849. The summed E-state index contributed by atoms with van der Waals surface area (Å²) in [6.45, 7) is 2.34. The molecule has 0 radical (unpaired) electrons. The fraction of sp³-hybridized carbons (Fsp3) is 0.333. The molecule has 5 nitrogen and oxygen atoms in total. The molecule has 3 rings (SSSR count). The Morgan fingerprint density at radius 3 is 2.61 bits per heavy atom. The van der Waals surface area contributed by atoms with Gasteiger partial charge in [0.25, 0.3) is 0 Å². The number of piperidine rings is 1. The maximum atomic E-state index is 12.3. The molecule has 0 bridgehead atoms. The summed E-state index contributed by atoms with van der Waals surface area (Å²) in [7, 11) is 0. The minimum atomic E-state index is 0.0942. The number of nitrogens with two attached hydrogens (primary N) is 1. The summed E-state index contributed by atoms with van der Waals surface area (Å²) < 4.78 is 0. The van der Waals surface area contributed by atoms with Gasteiger partial charge in [-0.25, -0.2) is 0 Å². The van der Waals surface area contributed by atoms with Crippen LogP contribution >= 0.6 is 0 Å². The minimum absolute atomic E-state index is 0.0942. The summed E-state index contributed by atoms with van der Waals surface area (Å²) in [5.41, 5.74) is 8.70. The van der Waals surface area contributed by atoms with E-state index >= 15 is 0 Å². The van der Waals surface area contributed by atoms with Gasteiger partial charge < -0.3 is 16.0 Å². The number of carbonyl (C=O) groups is 1. The Morgan fingerprint density at radius 1 is 1.22 bits per heavy atom. The van der Waals surface area contributed by atoms with E-state index in [1.807, 2.05) is 36.4 Å². The van der Waals surface area contributed by atoms with E-state index in [2.05, 4.69) is 15.2 Å². The van der Waals surface area contributed by atoms with E-state index in [4.69, 9.17) is 5.73 Å². The van der Waals surface area contributed by atoms with E-state index in [-0.39, 0.29) is 11.8 Å². The van der Waals surface area contributed by atoms with E-state index in [0.717, 1.165) is 37.2 Å². The standard InChI is InChI=1S/C18H22N4O/c19-16-3-5-17(6-4-16)22-10-7-15(8-11-22)18(23)21-13-14-2-1-9-20-12-14/h1-6,9,12,15H,7-8,10-11,13,19H2,(H,21,23). The molecule has 1 aromatic carbocycles. The summed E-state index contributed by atoms with van der Waals surface area (Å²) in [5, 5.41) is 3.02. The summed E-state index contributed by atoms with van der Waals surface area (Å²) in [4.78, 5) is 18.7. The van der Waals surface area contributed by atoms with Crippen LogP contribution in [0, 0.1) is 5.92 Å². The van der Waals surface area contributed by atoms with E-state index in [0.29, 0.717) is 6.54 Å². The van der Waals surface area contributed by atoms with Gasteiger partial charge in [0.1, 0.15) is 0 Å². The predicted octanol–water partition coefficient (Wildman–Crippen LogP) is 2.20. The molecule has 0 saturated carbocycles. The number of anilines is 2. The molecular weight excluding hydrogens is 288 g/mol. The largest absolute Gasteiger partial charge is 0.399 e. The molecule has 1 saturated heterocycles. The van der Waals surface area contributed by atoms with Gasteiger partial charge in [-0.3, -0.25) is 9.78 Å². The van der Waals surface area contributed by atoms with Gasteiger partial charge in [-0.1, -0.05) is 6.07 Å². The number of nitrogens with zero attached hydrogens (tertiary/aromatic N) is 2. The normalized spacial score (nSPS) is 15.4. The van der Waals surface area contributed by atoms with Crippen LogP contribution in [0.5, 0.6) is 0 Å². The highest BCUT2D eigenvalue weighted by Crippen LogP contribution is 2.24. The van der Waals surface area contributed by atoms with Gasteiger partial charge in [-0.05, 0) is 48.7 Å². The second-order valence-electron chi connectivity index (χ2n) is 5.93. The molecular formula is C18H22N4O. The second-order valence-corrected chi connectivity index (χ2v) is 5.93. The first kappa shape index (κ1) is 15.3. The van der Waals surface area contributed by atoms with Gasteiger partial charge in [0.15, 0.2) is 0 Å². The number of benzene rings is 1. The highest BCUT2D eigenvalue weighted by molar-refractivity contribution is 5.79. The number of rotatable bonds is 4. The maximum Gasteiger partial charge on any atom is 0.223 e. The highest BCUT2D eigenvalue weighted by Gasteiger charge is 2.24. The van der Waals surface area contributed by atoms with E-state index in [9.17, 15) is 4.79 Å². The van der Waals surface area contributed by atoms with E-state index < -0.39 is 0 Å². The van der Waals surface area contributed by atoms with Crippen LogP contribution in [0.4, 0.5) is 11.4 Å². The minimum Gasteiger partial charge on any atom is -0.399 e. The number of nitrogen functional groups attached to an aromatic ring is 1. The molecule has 5 heteroatoms. The van der Waals surface area contributed by atoms with Crippen LogP contribution in [0.25, 0.3) is 0 Å².